The number of hydrogen-bond acceptors (Lipinski definition) is 5. The Balaban J connectivity index is 1.66. The van der Waals surface area contributed by atoms with Crippen LogP contribution in [-0.2, 0) is 20.2 Å². The van der Waals surface area contributed by atoms with E-state index in [1.165, 1.54) is 23.2 Å². The van der Waals surface area contributed by atoms with Crippen LogP contribution in [0.3, 0.4) is 0 Å². The molecule has 6 heteroatoms. The Morgan fingerprint density at radius 3 is 2.57 bits per heavy atom. The van der Waals surface area contributed by atoms with Gasteiger partial charge in [0.1, 0.15) is 5.75 Å². The number of tetrazole rings is 1. The van der Waals surface area contributed by atoms with Crippen molar-refractivity contribution in [3.63, 3.8) is 0 Å². The van der Waals surface area contributed by atoms with E-state index >= 15 is 0 Å². The van der Waals surface area contributed by atoms with E-state index in [-0.39, 0.29) is 0 Å². The van der Waals surface area contributed by atoms with Crippen molar-refractivity contribution < 1.29 is 4.74 Å². The number of nitrogens with one attached hydrogen (secondary N) is 1. The summed E-state index contributed by atoms with van der Waals surface area (Å²) in [6, 6.07) is 5.09. The van der Waals surface area contributed by atoms with Gasteiger partial charge in [0.15, 0.2) is 6.61 Å². The summed E-state index contributed by atoms with van der Waals surface area (Å²) in [4.78, 5) is 1.44. The molecule has 2 aromatic rings. The van der Waals surface area contributed by atoms with E-state index in [4.69, 9.17) is 4.74 Å². The number of benzene rings is 1. The van der Waals surface area contributed by atoms with Crippen LogP contribution in [0.25, 0.3) is 0 Å². The number of nitrogens with zero attached hydrogens (tertiary/aromatic N) is 4. The van der Waals surface area contributed by atoms with Crippen molar-refractivity contribution in [1.29, 1.82) is 0 Å². The molecule has 1 aromatic carbocycles. The lowest BCUT2D eigenvalue weighted by molar-refractivity contribution is 0.291. The fourth-order valence-corrected chi connectivity index (χ4v) is 2.44. The molecule has 1 fully saturated rings. The lowest BCUT2D eigenvalue weighted by Gasteiger charge is -2.13. The molecule has 6 nitrogen and oxygen atoms in total. The highest BCUT2D eigenvalue weighted by atomic mass is 16.5. The van der Waals surface area contributed by atoms with Gasteiger partial charge in [-0.3, -0.25) is 0 Å². The predicted molar refractivity (Wildman–Crippen MR) is 78.9 cm³/mol. The molecule has 0 aliphatic heterocycles. The first-order chi connectivity index (χ1) is 10.1. The molecule has 0 saturated heterocycles. The smallest absolute Gasteiger partial charge is 0.212 e. The summed E-state index contributed by atoms with van der Waals surface area (Å²) in [7, 11) is 1.74. The molecule has 0 atom stereocenters. The number of ether oxygens (including phenoxy) is 1. The lowest BCUT2D eigenvalue weighted by atomic mass is 10.1. The molecule has 0 bridgehead atoms. The highest BCUT2D eigenvalue weighted by molar-refractivity contribution is 5.43. The molecule has 1 saturated carbocycles. The van der Waals surface area contributed by atoms with Gasteiger partial charge in [0.25, 0.3) is 0 Å². The second-order valence-electron chi connectivity index (χ2n) is 5.70. The maximum absolute atomic E-state index is 5.86. The van der Waals surface area contributed by atoms with Crippen LogP contribution in [0.5, 0.6) is 5.75 Å². The average Bonchev–Trinajstić information content (AvgIpc) is 3.17. The zero-order valence-corrected chi connectivity index (χ0v) is 12.8. The van der Waals surface area contributed by atoms with Gasteiger partial charge < -0.3 is 10.1 Å². The normalized spacial score (nSPS) is 14.4. The topological polar surface area (TPSA) is 64.9 Å². The average molecular weight is 287 g/mol. The van der Waals surface area contributed by atoms with Gasteiger partial charge in [-0.15, -0.1) is 10.2 Å². The minimum absolute atomic E-state index is 0.342. The highest BCUT2D eigenvalue weighted by Gasteiger charge is 2.20. The first-order valence-corrected chi connectivity index (χ1v) is 7.31. The van der Waals surface area contributed by atoms with E-state index in [0.717, 1.165) is 29.5 Å². The molecule has 1 aliphatic rings. The monoisotopic (exact) mass is 287 g/mol. The van der Waals surface area contributed by atoms with Crippen molar-refractivity contribution in [3.05, 3.63) is 34.6 Å². The molecular formula is C15H21N5O. The van der Waals surface area contributed by atoms with Crippen molar-refractivity contribution in [3.8, 4) is 5.75 Å². The summed E-state index contributed by atoms with van der Waals surface area (Å²) >= 11 is 0. The van der Waals surface area contributed by atoms with Crippen LogP contribution in [0.15, 0.2) is 12.1 Å². The molecule has 1 aromatic heterocycles. The van der Waals surface area contributed by atoms with Gasteiger partial charge >= 0.3 is 0 Å². The maximum Gasteiger partial charge on any atom is 0.212 e. The molecule has 0 unspecified atom stereocenters. The Labute approximate surface area is 124 Å². The minimum Gasteiger partial charge on any atom is -0.485 e. The Hall–Kier alpha value is -1.95. The zero-order chi connectivity index (χ0) is 14.8. The summed E-state index contributed by atoms with van der Waals surface area (Å²) in [6.07, 6.45) is 2.62. The van der Waals surface area contributed by atoms with Crippen LogP contribution in [0, 0.1) is 13.8 Å². The zero-order valence-electron chi connectivity index (χ0n) is 12.8. The van der Waals surface area contributed by atoms with Gasteiger partial charge in [0, 0.05) is 12.6 Å². The molecule has 0 radical (unpaired) electrons. The third-order valence-corrected chi connectivity index (χ3v) is 3.59. The Morgan fingerprint density at radius 1 is 1.29 bits per heavy atom. The second kappa shape index (κ2) is 5.81. The molecule has 0 spiro atoms. The SMILES string of the molecule is Cc1cc(CNC2CC2)cc(C)c1OCc1nnn(C)n1. The third-order valence-electron chi connectivity index (χ3n) is 3.59. The summed E-state index contributed by atoms with van der Waals surface area (Å²) in [6.45, 7) is 5.42. The van der Waals surface area contributed by atoms with Crippen LogP contribution < -0.4 is 10.1 Å². The lowest BCUT2D eigenvalue weighted by Crippen LogP contribution is -2.15. The quantitative estimate of drug-likeness (QED) is 0.875. The second-order valence-corrected chi connectivity index (χ2v) is 5.70. The van der Waals surface area contributed by atoms with Crippen LogP contribution in [-0.4, -0.2) is 26.2 Å². The van der Waals surface area contributed by atoms with E-state index < -0.39 is 0 Å². The molecular weight excluding hydrogens is 266 g/mol. The molecule has 1 aliphatic carbocycles. The summed E-state index contributed by atoms with van der Waals surface area (Å²) in [5.74, 6) is 1.51. The third kappa shape index (κ3) is 3.58. The first-order valence-electron chi connectivity index (χ1n) is 7.31. The number of aryl methyl sites for hydroxylation is 3. The largest absolute Gasteiger partial charge is 0.485 e. The van der Waals surface area contributed by atoms with Gasteiger partial charge in [-0.25, -0.2) is 0 Å². The van der Waals surface area contributed by atoms with Gasteiger partial charge in [-0.1, -0.05) is 12.1 Å². The van der Waals surface area contributed by atoms with E-state index in [9.17, 15) is 0 Å². The van der Waals surface area contributed by atoms with Crippen molar-refractivity contribution in [2.45, 2.75) is 45.9 Å². The molecule has 1 heterocycles. The van der Waals surface area contributed by atoms with Crippen LogP contribution in [0.2, 0.25) is 0 Å². The van der Waals surface area contributed by atoms with Crippen molar-refractivity contribution in [2.24, 2.45) is 7.05 Å². The molecule has 112 valence electrons. The van der Waals surface area contributed by atoms with Crippen LogP contribution in [0.4, 0.5) is 0 Å². The van der Waals surface area contributed by atoms with E-state index in [0.29, 0.717) is 12.4 Å². The Morgan fingerprint density at radius 2 is 2.00 bits per heavy atom. The molecule has 21 heavy (non-hydrogen) atoms. The van der Waals surface area contributed by atoms with Crippen LogP contribution in [0.1, 0.15) is 35.4 Å². The van der Waals surface area contributed by atoms with Gasteiger partial charge in [0.2, 0.25) is 5.82 Å². The fourth-order valence-electron chi connectivity index (χ4n) is 2.44. The predicted octanol–water partition coefficient (Wildman–Crippen LogP) is 1.66. The van der Waals surface area contributed by atoms with Crippen molar-refractivity contribution in [2.75, 3.05) is 0 Å². The molecule has 1 N–H and O–H groups in total. The maximum atomic E-state index is 5.86. The van der Waals surface area contributed by atoms with Gasteiger partial charge in [-0.2, -0.15) is 4.80 Å². The van der Waals surface area contributed by atoms with E-state index in [2.05, 4.69) is 46.7 Å². The standard InChI is InChI=1S/C15H21N5O/c1-10-6-12(8-16-13-4-5-13)7-11(2)15(10)21-9-14-17-19-20(3)18-14/h6-7,13,16H,4-5,8-9H2,1-3H3. The van der Waals surface area contributed by atoms with Crippen molar-refractivity contribution >= 4 is 0 Å². The number of aromatic nitrogens is 4. The van der Waals surface area contributed by atoms with Crippen LogP contribution >= 0.6 is 0 Å². The number of hydrogen-bond donors (Lipinski definition) is 1. The fraction of sp³-hybridized carbons (Fsp3) is 0.533. The Kier molecular flexibility index (Phi) is 3.88. The van der Waals surface area contributed by atoms with E-state index in [1.54, 1.807) is 7.05 Å². The molecule has 3 rings (SSSR count). The first kappa shape index (κ1) is 14.0. The van der Waals surface area contributed by atoms with E-state index in [1.807, 2.05) is 0 Å². The molecule has 0 amide bonds. The highest BCUT2D eigenvalue weighted by Crippen LogP contribution is 2.26. The summed E-state index contributed by atoms with van der Waals surface area (Å²) < 4.78 is 5.86. The number of rotatable bonds is 6. The summed E-state index contributed by atoms with van der Waals surface area (Å²) in [5, 5.41) is 15.4. The summed E-state index contributed by atoms with van der Waals surface area (Å²) in [5.41, 5.74) is 3.60. The van der Waals surface area contributed by atoms with Crippen molar-refractivity contribution in [1.82, 2.24) is 25.5 Å². The Bertz CT molecular complexity index is 610. The minimum atomic E-state index is 0.342. The van der Waals surface area contributed by atoms with Gasteiger partial charge in [-0.05, 0) is 48.6 Å². The van der Waals surface area contributed by atoms with Gasteiger partial charge in [0.05, 0.1) is 7.05 Å².